The zero-order valence-corrected chi connectivity index (χ0v) is 24.4. The Balaban J connectivity index is 1.33. The van der Waals surface area contributed by atoms with Crippen LogP contribution in [0.2, 0.25) is 0 Å². The summed E-state index contributed by atoms with van der Waals surface area (Å²) in [6.45, 7) is 7.04. The summed E-state index contributed by atoms with van der Waals surface area (Å²) >= 11 is 0. The number of piperazine rings is 1. The van der Waals surface area contributed by atoms with Gasteiger partial charge in [-0.25, -0.2) is 22.2 Å². The van der Waals surface area contributed by atoms with E-state index in [1.165, 1.54) is 10.5 Å². The first-order valence-corrected chi connectivity index (χ1v) is 15.0. The first-order valence-electron chi connectivity index (χ1n) is 13.4. The van der Waals surface area contributed by atoms with Crippen LogP contribution >= 0.6 is 0 Å². The highest BCUT2D eigenvalue weighted by Gasteiger charge is 2.30. The molecular weight excluding hydrogens is 566 g/mol. The summed E-state index contributed by atoms with van der Waals surface area (Å²) < 4.78 is 64.4. The van der Waals surface area contributed by atoms with Crippen molar-refractivity contribution in [1.82, 2.24) is 23.6 Å². The van der Waals surface area contributed by atoms with Gasteiger partial charge < -0.3 is 14.2 Å². The Bertz CT molecular complexity index is 1690. The second kappa shape index (κ2) is 11.6. The smallest absolute Gasteiger partial charge is 0.316 e. The third-order valence-corrected chi connectivity index (χ3v) is 8.57. The molecule has 0 amide bonds. The highest BCUT2D eigenvalue weighted by molar-refractivity contribution is 7.88. The molecular formula is C29H32F2N6O4S. The Hall–Kier alpha value is -4.10. The average Bonchev–Trinajstić information content (AvgIpc) is 3.47. The third kappa shape index (κ3) is 6.68. The second-order valence-corrected chi connectivity index (χ2v) is 13.3. The summed E-state index contributed by atoms with van der Waals surface area (Å²) in [5, 5.41) is 4.17. The maximum atomic E-state index is 13.9. The lowest BCUT2D eigenvalue weighted by atomic mass is 9.99. The molecule has 0 spiro atoms. The van der Waals surface area contributed by atoms with Crippen molar-refractivity contribution in [1.29, 1.82) is 0 Å². The molecule has 0 N–H and O–H groups in total. The lowest BCUT2D eigenvalue weighted by Gasteiger charge is -2.36. The number of imidazole rings is 1. The first kappa shape index (κ1) is 29.4. The van der Waals surface area contributed by atoms with Crippen LogP contribution in [0.3, 0.4) is 0 Å². The van der Waals surface area contributed by atoms with Crippen LogP contribution in [0.25, 0.3) is 11.4 Å². The van der Waals surface area contributed by atoms with Gasteiger partial charge in [0.25, 0.3) is 0 Å². The molecule has 10 nitrogen and oxygen atoms in total. The molecule has 42 heavy (non-hydrogen) atoms. The minimum Gasteiger partial charge on any atom is -0.486 e. The van der Waals surface area contributed by atoms with Gasteiger partial charge in [0, 0.05) is 50.3 Å². The molecule has 222 valence electrons. The maximum Gasteiger partial charge on any atom is 0.316 e. The molecule has 0 saturated carbocycles. The van der Waals surface area contributed by atoms with Crippen LogP contribution in [-0.2, 0) is 15.8 Å². The molecule has 0 unspecified atom stereocenters. The van der Waals surface area contributed by atoms with Gasteiger partial charge in [-0.2, -0.15) is 14.1 Å². The van der Waals surface area contributed by atoms with E-state index >= 15 is 0 Å². The SMILES string of the molecule is CC(C)(C)COc1c(N2CCN(S(=O)(=O)Cc3ccc(-n4ccnc4)cc3)CC2)cnn(-c2cc(F)cc(F)c2)c1=O. The van der Waals surface area contributed by atoms with Crippen LogP contribution in [-0.4, -0.2) is 64.8 Å². The van der Waals surface area contributed by atoms with Crippen molar-refractivity contribution in [2.24, 2.45) is 5.41 Å². The number of halogens is 2. The fourth-order valence-electron chi connectivity index (χ4n) is 4.61. The van der Waals surface area contributed by atoms with Crippen LogP contribution in [0.5, 0.6) is 5.75 Å². The Morgan fingerprint density at radius 3 is 2.21 bits per heavy atom. The Morgan fingerprint density at radius 1 is 0.952 bits per heavy atom. The average molecular weight is 599 g/mol. The normalized spacial score (nSPS) is 14.7. The number of aromatic nitrogens is 4. The van der Waals surface area contributed by atoms with E-state index in [9.17, 15) is 22.0 Å². The molecule has 13 heteroatoms. The highest BCUT2D eigenvalue weighted by atomic mass is 32.2. The number of benzene rings is 2. The molecule has 1 saturated heterocycles. The van der Waals surface area contributed by atoms with Gasteiger partial charge >= 0.3 is 5.56 Å². The molecule has 3 heterocycles. The molecule has 0 aliphatic carbocycles. The van der Waals surface area contributed by atoms with Crippen molar-refractivity contribution in [3.8, 4) is 17.1 Å². The largest absolute Gasteiger partial charge is 0.486 e. The van der Waals surface area contributed by atoms with E-state index in [0.29, 0.717) is 30.4 Å². The zero-order valence-electron chi connectivity index (χ0n) is 23.6. The minimum absolute atomic E-state index is 0.0149. The molecule has 1 aliphatic heterocycles. The highest BCUT2D eigenvalue weighted by Crippen LogP contribution is 2.28. The predicted molar refractivity (Wildman–Crippen MR) is 155 cm³/mol. The van der Waals surface area contributed by atoms with Crippen molar-refractivity contribution in [3.05, 3.63) is 94.9 Å². The van der Waals surface area contributed by atoms with Crippen LogP contribution in [0, 0.1) is 17.0 Å². The first-order chi connectivity index (χ1) is 19.9. The number of rotatable bonds is 8. The summed E-state index contributed by atoms with van der Waals surface area (Å²) in [5.41, 5.74) is 0.914. The van der Waals surface area contributed by atoms with E-state index < -0.39 is 27.2 Å². The predicted octanol–water partition coefficient (Wildman–Crippen LogP) is 3.77. The number of hydrogen-bond donors (Lipinski definition) is 0. The number of sulfonamides is 1. The topological polar surface area (TPSA) is 103 Å². The molecule has 0 bridgehead atoms. The van der Waals surface area contributed by atoms with Gasteiger partial charge in [0.15, 0.2) is 0 Å². The lowest BCUT2D eigenvalue weighted by Crippen LogP contribution is -2.49. The zero-order chi connectivity index (χ0) is 30.1. The lowest BCUT2D eigenvalue weighted by molar-refractivity contribution is 0.195. The molecule has 2 aromatic heterocycles. The summed E-state index contributed by atoms with van der Waals surface area (Å²) in [6, 6.07) is 10.00. The van der Waals surface area contributed by atoms with Gasteiger partial charge in [0.1, 0.15) is 17.3 Å². The number of nitrogens with zero attached hydrogens (tertiary/aromatic N) is 6. The van der Waals surface area contributed by atoms with Gasteiger partial charge in [0.05, 0.1) is 30.6 Å². The second-order valence-electron chi connectivity index (χ2n) is 11.3. The molecule has 0 radical (unpaired) electrons. The van der Waals surface area contributed by atoms with Crippen LogP contribution in [0.15, 0.2) is 72.2 Å². The van der Waals surface area contributed by atoms with Gasteiger partial charge in [0.2, 0.25) is 15.8 Å². The van der Waals surface area contributed by atoms with Crippen LogP contribution < -0.4 is 15.2 Å². The summed E-state index contributed by atoms with van der Waals surface area (Å²) in [7, 11) is -3.60. The summed E-state index contributed by atoms with van der Waals surface area (Å²) in [4.78, 5) is 19.4. The molecule has 4 aromatic rings. The van der Waals surface area contributed by atoms with Crippen LogP contribution in [0.1, 0.15) is 26.3 Å². The number of hydrogen-bond acceptors (Lipinski definition) is 7. The molecule has 5 rings (SSSR count). The molecule has 1 aliphatic rings. The van der Waals surface area contributed by atoms with E-state index in [-0.39, 0.29) is 42.3 Å². The summed E-state index contributed by atoms with van der Waals surface area (Å²) in [6.07, 6.45) is 6.56. The molecule has 1 fully saturated rings. The Morgan fingerprint density at radius 2 is 1.62 bits per heavy atom. The quantitative estimate of drug-likeness (QED) is 0.304. The molecule has 2 aromatic carbocycles. The number of anilines is 1. The third-order valence-electron chi connectivity index (χ3n) is 6.72. The van der Waals surface area contributed by atoms with E-state index in [1.54, 1.807) is 24.7 Å². The monoisotopic (exact) mass is 598 g/mol. The van der Waals surface area contributed by atoms with Crippen molar-refractivity contribution in [3.63, 3.8) is 0 Å². The fraction of sp³-hybridized carbons (Fsp3) is 0.345. The van der Waals surface area contributed by atoms with E-state index in [1.807, 2.05) is 48.6 Å². The standard InChI is InChI=1S/C29H32F2N6O4S/c1-29(2,3)19-41-27-26(17-33-37(28(27)38)25-15-22(30)14-23(31)16-25)34-10-12-36(13-11-34)42(39,40)18-21-4-6-24(7-5-21)35-9-8-32-20-35/h4-9,14-17,20H,10-13,18-19H2,1-3H3. The summed E-state index contributed by atoms with van der Waals surface area (Å²) in [5.74, 6) is -1.84. The minimum atomic E-state index is -3.60. The van der Waals surface area contributed by atoms with Gasteiger partial charge in [-0.05, 0) is 35.2 Å². The van der Waals surface area contributed by atoms with Gasteiger partial charge in [-0.15, -0.1) is 0 Å². The Labute approximate surface area is 242 Å². The van der Waals surface area contributed by atoms with Gasteiger partial charge in [-0.3, -0.25) is 4.79 Å². The number of ether oxygens (including phenoxy) is 1. The fourth-order valence-corrected chi connectivity index (χ4v) is 6.13. The maximum absolute atomic E-state index is 13.9. The van der Waals surface area contributed by atoms with Gasteiger partial charge in [-0.1, -0.05) is 32.9 Å². The van der Waals surface area contributed by atoms with Crippen molar-refractivity contribution >= 4 is 15.7 Å². The van der Waals surface area contributed by atoms with Crippen molar-refractivity contribution in [2.45, 2.75) is 26.5 Å². The molecule has 0 atom stereocenters. The van der Waals surface area contributed by atoms with E-state index in [2.05, 4.69) is 10.1 Å². The van der Waals surface area contributed by atoms with Crippen molar-refractivity contribution < 1.29 is 21.9 Å². The van der Waals surface area contributed by atoms with Crippen LogP contribution in [0.4, 0.5) is 14.5 Å². The van der Waals surface area contributed by atoms with E-state index in [0.717, 1.165) is 22.5 Å². The van der Waals surface area contributed by atoms with E-state index in [4.69, 9.17) is 4.74 Å². The van der Waals surface area contributed by atoms with Crippen molar-refractivity contribution in [2.75, 3.05) is 37.7 Å². The Kier molecular flexibility index (Phi) is 8.15.